The number of hydrogen-bond acceptors (Lipinski definition) is 6. The maximum Gasteiger partial charge on any atom is 0.336 e. The Morgan fingerprint density at radius 2 is 1.83 bits per heavy atom. The zero-order valence-corrected chi connectivity index (χ0v) is 17.9. The maximum absolute atomic E-state index is 12.5. The maximum atomic E-state index is 12.5. The van der Waals surface area contributed by atoms with Gasteiger partial charge in [-0.15, -0.1) is 0 Å². The first kappa shape index (κ1) is 20.9. The number of nitrogens with one attached hydrogen (secondary N) is 1. The number of aryl methyl sites for hydroxylation is 1. The fourth-order valence-electron chi connectivity index (χ4n) is 3.04. The number of hydrogen-bond donors (Lipinski definition) is 1. The van der Waals surface area contributed by atoms with E-state index in [9.17, 15) is 13.2 Å². The summed E-state index contributed by atoms with van der Waals surface area (Å²) in [5.74, 6) is 0.596. The van der Waals surface area contributed by atoms with Crippen molar-refractivity contribution in [2.45, 2.75) is 25.3 Å². The lowest BCUT2D eigenvalue weighted by atomic mass is 10.1. The number of rotatable bonds is 6. The van der Waals surface area contributed by atoms with E-state index in [0.29, 0.717) is 23.6 Å². The summed E-state index contributed by atoms with van der Waals surface area (Å²) in [5.41, 5.74) is 3.22. The van der Waals surface area contributed by atoms with Crippen LogP contribution in [0, 0.1) is 13.8 Å². The molecule has 0 aliphatic heterocycles. The molecule has 29 heavy (non-hydrogen) atoms. The van der Waals surface area contributed by atoms with Crippen LogP contribution in [-0.2, 0) is 16.6 Å². The fourth-order valence-corrected chi connectivity index (χ4v) is 4.06. The molecule has 0 saturated heterocycles. The van der Waals surface area contributed by atoms with Crippen LogP contribution in [0.4, 0.5) is 5.69 Å². The van der Waals surface area contributed by atoms with E-state index in [1.54, 1.807) is 31.4 Å². The monoisotopic (exact) mass is 416 g/mol. The van der Waals surface area contributed by atoms with Crippen LogP contribution in [0.5, 0.6) is 5.75 Å². The molecule has 0 unspecified atom stereocenters. The van der Waals surface area contributed by atoms with Crippen molar-refractivity contribution in [2.75, 3.05) is 26.5 Å². The largest absolute Gasteiger partial charge is 0.497 e. The lowest BCUT2D eigenvalue weighted by Gasteiger charge is -2.17. The molecule has 2 aromatic carbocycles. The quantitative estimate of drug-likeness (QED) is 0.621. The minimum Gasteiger partial charge on any atom is -0.497 e. The smallest absolute Gasteiger partial charge is 0.336 e. The average molecular weight is 416 g/mol. The van der Waals surface area contributed by atoms with Gasteiger partial charge in [-0.3, -0.25) is 0 Å². The van der Waals surface area contributed by atoms with Gasteiger partial charge < -0.3 is 14.5 Å². The van der Waals surface area contributed by atoms with Crippen molar-refractivity contribution in [3.63, 3.8) is 0 Å². The summed E-state index contributed by atoms with van der Waals surface area (Å²) in [5, 5.41) is 4.06. The van der Waals surface area contributed by atoms with Crippen LogP contribution in [0.1, 0.15) is 16.7 Å². The second-order valence-corrected chi connectivity index (χ2v) is 9.16. The van der Waals surface area contributed by atoms with E-state index in [2.05, 4.69) is 5.32 Å². The molecule has 0 saturated carbocycles. The summed E-state index contributed by atoms with van der Waals surface area (Å²) in [4.78, 5) is 12.2. The fraction of sp³-hybridized carbons (Fsp3) is 0.286. The predicted octanol–water partition coefficient (Wildman–Crippen LogP) is 3.28. The Kier molecular flexibility index (Phi) is 5.68. The van der Waals surface area contributed by atoms with Crippen molar-refractivity contribution in [2.24, 2.45) is 0 Å². The molecule has 0 radical (unpaired) electrons. The number of anilines is 1. The van der Waals surface area contributed by atoms with Gasteiger partial charge in [0.2, 0.25) is 10.0 Å². The Labute approximate surface area is 170 Å². The standard InChI is InChI=1S/C21H24N2O5S/c1-13-8-17(29(25,26)23(3)4)11-19(14(13)2)22-12-15-9-21(24)28-20-10-16(27-5)6-7-18(15)20/h6-11,22H,12H2,1-5H3. The zero-order valence-electron chi connectivity index (χ0n) is 17.1. The summed E-state index contributed by atoms with van der Waals surface area (Å²) in [6.07, 6.45) is 0. The Morgan fingerprint density at radius 1 is 1.10 bits per heavy atom. The summed E-state index contributed by atoms with van der Waals surface area (Å²) >= 11 is 0. The van der Waals surface area contributed by atoms with Gasteiger partial charge in [0.1, 0.15) is 11.3 Å². The molecular formula is C21H24N2O5S. The lowest BCUT2D eigenvalue weighted by molar-refractivity contribution is 0.414. The van der Waals surface area contributed by atoms with Crippen LogP contribution in [-0.4, -0.2) is 33.9 Å². The van der Waals surface area contributed by atoms with Crippen LogP contribution in [0.3, 0.4) is 0 Å². The first-order valence-electron chi connectivity index (χ1n) is 9.02. The molecule has 0 aliphatic rings. The van der Waals surface area contributed by atoms with Crippen molar-refractivity contribution in [1.29, 1.82) is 0 Å². The second kappa shape index (κ2) is 7.88. The molecule has 3 rings (SSSR count). The van der Waals surface area contributed by atoms with Crippen molar-refractivity contribution in [1.82, 2.24) is 4.31 Å². The van der Waals surface area contributed by atoms with Gasteiger partial charge in [-0.1, -0.05) is 0 Å². The number of ether oxygens (including phenoxy) is 1. The Bertz CT molecular complexity index is 1230. The van der Waals surface area contributed by atoms with E-state index in [-0.39, 0.29) is 4.90 Å². The number of fused-ring (bicyclic) bond motifs is 1. The van der Waals surface area contributed by atoms with Gasteiger partial charge >= 0.3 is 5.63 Å². The summed E-state index contributed by atoms with van der Waals surface area (Å²) < 4.78 is 36.7. The van der Waals surface area contributed by atoms with Crippen LogP contribution in [0.2, 0.25) is 0 Å². The van der Waals surface area contributed by atoms with Gasteiger partial charge in [0.15, 0.2) is 0 Å². The van der Waals surface area contributed by atoms with Gasteiger partial charge in [0, 0.05) is 43.8 Å². The number of sulfonamides is 1. The molecule has 0 aliphatic carbocycles. The minimum absolute atomic E-state index is 0.218. The number of nitrogens with zero attached hydrogens (tertiary/aromatic N) is 1. The Balaban J connectivity index is 2.00. The van der Waals surface area contributed by atoms with Crippen LogP contribution in [0.25, 0.3) is 11.0 Å². The van der Waals surface area contributed by atoms with Crippen LogP contribution >= 0.6 is 0 Å². The Hall–Kier alpha value is -2.84. The molecule has 0 bridgehead atoms. The van der Waals surface area contributed by atoms with E-state index in [4.69, 9.17) is 9.15 Å². The third kappa shape index (κ3) is 4.13. The molecule has 1 N–H and O–H groups in total. The third-order valence-corrected chi connectivity index (χ3v) is 6.72. The van der Waals surface area contributed by atoms with E-state index in [1.807, 2.05) is 19.9 Å². The second-order valence-electron chi connectivity index (χ2n) is 7.01. The van der Waals surface area contributed by atoms with E-state index in [0.717, 1.165) is 22.1 Å². The molecule has 8 heteroatoms. The van der Waals surface area contributed by atoms with Crippen molar-refractivity contribution in [3.8, 4) is 5.75 Å². The summed E-state index contributed by atoms with van der Waals surface area (Å²) in [6, 6.07) is 10.0. The predicted molar refractivity (Wildman–Crippen MR) is 113 cm³/mol. The van der Waals surface area contributed by atoms with E-state index < -0.39 is 15.6 Å². The molecule has 7 nitrogen and oxygen atoms in total. The van der Waals surface area contributed by atoms with E-state index in [1.165, 1.54) is 24.5 Å². The first-order valence-corrected chi connectivity index (χ1v) is 10.5. The molecule has 0 atom stereocenters. The Morgan fingerprint density at radius 3 is 2.48 bits per heavy atom. The topological polar surface area (TPSA) is 88.9 Å². The molecule has 0 amide bonds. The first-order chi connectivity index (χ1) is 13.6. The van der Waals surface area contributed by atoms with Crippen LogP contribution in [0.15, 0.2) is 50.5 Å². The third-order valence-electron chi connectivity index (χ3n) is 4.93. The van der Waals surface area contributed by atoms with Gasteiger partial charge in [-0.25, -0.2) is 17.5 Å². The van der Waals surface area contributed by atoms with Gasteiger partial charge in [-0.2, -0.15) is 0 Å². The van der Waals surface area contributed by atoms with Gasteiger partial charge in [-0.05, 0) is 54.8 Å². The summed E-state index contributed by atoms with van der Waals surface area (Å²) in [6.45, 7) is 4.13. The van der Waals surface area contributed by atoms with Crippen LogP contribution < -0.4 is 15.7 Å². The SMILES string of the molecule is COc1ccc2c(CNc3cc(S(=O)(=O)N(C)C)cc(C)c3C)cc(=O)oc2c1. The molecule has 3 aromatic rings. The zero-order chi connectivity index (χ0) is 21.3. The number of methoxy groups -OCH3 is 1. The number of benzene rings is 2. The van der Waals surface area contributed by atoms with Crippen molar-refractivity contribution >= 4 is 26.7 Å². The highest BCUT2D eigenvalue weighted by molar-refractivity contribution is 7.89. The minimum atomic E-state index is -3.56. The molecule has 0 fully saturated rings. The molecule has 1 aromatic heterocycles. The highest BCUT2D eigenvalue weighted by atomic mass is 32.2. The molecule has 0 spiro atoms. The van der Waals surface area contributed by atoms with Crippen molar-refractivity contribution in [3.05, 3.63) is 63.5 Å². The highest BCUT2D eigenvalue weighted by Gasteiger charge is 2.19. The molecular weight excluding hydrogens is 392 g/mol. The van der Waals surface area contributed by atoms with Gasteiger partial charge in [0.05, 0.1) is 12.0 Å². The molecule has 154 valence electrons. The summed E-state index contributed by atoms with van der Waals surface area (Å²) in [7, 11) is 0.992. The van der Waals surface area contributed by atoms with Crippen molar-refractivity contribution < 1.29 is 17.6 Å². The normalized spacial score (nSPS) is 11.8. The highest BCUT2D eigenvalue weighted by Crippen LogP contribution is 2.27. The lowest BCUT2D eigenvalue weighted by Crippen LogP contribution is -2.22. The van der Waals surface area contributed by atoms with E-state index >= 15 is 0 Å². The van der Waals surface area contributed by atoms with Gasteiger partial charge in [0.25, 0.3) is 0 Å². The average Bonchev–Trinajstić information content (AvgIpc) is 2.67. The molecule has 1 heterocycles.